The van der Waals surface area contributed by atoms with Gasteiger partial charge in [0, 0.05) is 19.6 Å². The maximum absolute atomic E-state index is 12.0. The molecule has 2 aliphatic rings. The summed E-state index contributed by atoms with van der Waals surface area (Å²) in [6.07, 6.45) is 6.51. The van der Waals surface area contributed by atoms with Crippen molar-refractivity contribution in [1.82, 2.24) is 10.2 Å². The summed E-state index contributed by atoms with van der Waals surface area (Å²) in [6.45, 7) is 0.481. The van der Waals surface area contributed by atoms with E-state index in [0.717, 1.165) is 12.8 Å². The van der Waals surface area contributed by atoms with Crippen LogP contribution >= 0.6 is 0 Å². The molecule has 0 bridgehead atoms. The maximum atomic E-state index is 12.0. The van der Waals surface area contributed by atoms with Crippen molar-refractivity contribution in [2.75, 3.05) is 25.1 Å². The Hall–Kier alpha value is -0.780. The number of nitrogens with zero attached hydrogens (tertiary/aromatic N) is 1. The third-order valence-electron chi connectivity index (χ3n) is 4.31. The highest BCUT2D eigenvalue weighted by Gasteiger charge is 2.29. The van der Waals surface area contributed by atoms with Crippen LogP contribution in [0.25, 0.3) is 0 Å². The van der Waals surface area contributed by atoms with Gasteiger partial charge in [0.1, 0.15) is 0 Å². The first-order chi connectivity index (χ1) is 8.98. The quantitative estimate of drug-likeness (QED) is 0.853. The van der Waals surface area contributed by atoms with Crippen LogP contribution in [0.2, 0.25) is 0 Å². The van der Waals surface area contributed by atoms with Crippen LogP contribution in [0.4, 0.5) is 4.79 Å². The van der Waals surface area contributed by atoms with Crippen LogP contribution in [0.3, 0.4) is 0 Å². The lowest BCUT2D eigenvalue weighted by Crippen LogP contribution is -2.45. The number of nitrogens with one attached hydrogen (secondary N) is 1. The topological polar surface area (TPSA) is 66.5 Å². The van der Waals surface area contributed by atoms with E-state index >= 15 is 0 Å². The molecule has 0 aromatic heterocycles. The van der Waals surface area contributed by atoms with Gasteiger partial charge in [-0.1, -0.05) is 19.3 Å². The number of carbonyl (C=O) groups excluding carboxylic acids is 1. The summed E-state index contributed by atoms with van der Waals surface area (Å²) >= 11 is 0. The molecule has 0 aromatic carbocycles. The van der Waals surface area contributed by atoms with Crippen molar-refractivity contribution in [2.45, 2.75) is 44.6 Å². The van der Waals surface area contributed by atoms with Crippen LogP contribution in [0.5, 0.6) is 0 Å². The molecular formula is C13H24N2O3S. The molecule has 2 fully saturated rings. The molecule has 1 heterocycles. The van der Waals surface area contributed by atoms with E-state index in [1.807, 2.05) is 7.05 Å². The standard InChI is InChI=1S/C13H24N2O3S/c1-15(12-5-3-2-4-6-12)13(16)14-9-11-7-8-19(17,18)10-11/h11-12H,2-10H2,1H3,(H,14,16). The van der Waals surface area contributed by atoms with Gasteiger partial charge in [-0.3, -0.25) is 0 Å². The summed E-state index contributed by atoms with van der Waals surface area (Å²) in [5, 5.41) is 2.88. The van der Waals surface area contributed by atoms with Gasteiger partial charge < -0.3 is 10.2 Å². The van der Waals surface area contributed by atoms with Crippen molar-refractivity contribution >= 4 is 15.9 Å². The van der Waals surface area contributed by atoms with Crippen LogP contribution in [0.1, 0.15) is 38.5 Å². The van der Waals surface area contributed by atoms with Crippen molar-refractivity contribution in [3.63, 3.8) is 0 Å². The summed E-state index contributed by atoms with van der Waals surface area (Å²) in [5.41, 5.74) is 0. The normalized spacial score (nSPS) is 27.1. The summed E-state index contributed by atoms with van der Waals surface area (Å²) < 4.78 is 22.7. The third kappa shape index (κ3) is 4.09. The lowest BCUT2D eigenvalue weighted by atomic mass is 9.95. The van der Waals surface area contributed by atoms with Crippen molar-refractivity contribution in [3.05, 3.63) is 0 Å². The van der Waals surface area contributed by atoms with Crippen molar-refractivity contribution in [2.24, 2.45) is 5.92 Å². The Kier molecular flexibility index (Phi) is 4.71. The first-order valence-electron chi connectivity index (χ1n) is 7.19. The fraction of sp³-hybridized carbons (Fsp3) is 0.923. The zero-order valence-corrected chi connectivity index (χ0v) is 12.4. The molecule has 5 nitrogen and oxygen atoms in total. The highest BCUT2D eigenvalue weighted by Crippen LogP contribution is 2.22. The van der Waals surface area contributed by atoms with E-state index in [1.165, 1.54) is 19.3 Å². The van der Waals surface area contributed by atoms with Gasteiger partial charge in [0.25, 0.3) is 0 Å². The van der Waals surface area contributed by atoms with Crippen LogP contribution in [-0.4, -0.2) is 50.5 Å². The van der Waals surface area contributed by atoms with E-state index in [9.17, 15) is 13.2 Å². The Morgan fingerprint density at radius 3 is 2.47 bits per heavy atom. The Bertz CT molecular complexity index is 416. The fourth-order valence-corrected chi connectivity index (χ4v) is 4.89. The van der Waals surface area contributed by atoms with Crippen molar-refractivity contribution in [1.29, 1.82) is 0 Å². The Labute approximate surface area is 115 Å². The Morgan fingerprint density at radius 1 is 1.21 bits per heavy atom. The molecule has 1 aliphatic heterocycles. The number of sulfone groups is 1. The molecule has 0 aromatic rings. The summed E-state index contributed by atoms with van der Waals surface area (Å²) in [5.74, 6) is 0.584. The second-order valence-electron chi connectivity index (χ2n) is 5.86. The van der Waals surface area contributed by atoms with E-state index < -0.39 is 9.84 Å². The van der Waals surface area contributed by atoms with Gasteiger partial charge in [-0.05, 0) is 25.2 Å². The lowest BCUT2D eigenvalue weighted by Gasteiger charge is -2.31. The number of hydrogen-bond acceptors (Lipinski definition) is 3. The number of urea groups is 1. The molecule has 6 heteroatoms. The number of rotatable bonds is 3. The minimum Gasteiger partial charge on any atom is -0.338 e. The van der Waals surface area contributed by atoms with E-state index in [-0.39, 0.29) is 23.5 Å². The second kappa shape index (κ2) is 6.11. The van der Waals surface area contributed by atoms with Gasteiger partial charge >= 0.3 is 6.03 Å². The zero-order valence-electron chi connectivity index (χ0n) is 11.6. The Balaban J connectivity index is 1.74. The SMILES string of the molecule is CN(C(=O)NCC1CCS(=O)(=O)C1)C1CCCCC1. The van der Waals surface area contributed by atoms with Crippen LogP contribution in [0.15, 0.2) is 0 Å². The van der Waals surface area contributed by atoms with E-state index in [4.69, 9.17) is 0 Å². The molecule has 2 rings (SSSR count). The van der Waals surface area contributed by atoms with Gasteiger partial charge in [0.05, 0.1) is 11.5 Å². The smallest absolute Gasteiger partial charge is 0.317 e. The van der Waals surface area contributed by atoms with Crippen LogP contribution < -0.4 is 5.32 Å². The minimum absolute atomic E-state index is 0.0591. The van der Waals surface area contributed by atoms with Crippen molar-refractivity contribution < 1.29 is 13.2 Å². The summed E-state index contributed by atoms with van der Waals surface area (Å²) in [7, 11) is -1.01. The van der Waals surface area contributed by atoms with Gasteiger partial charge in [-0.2, -0.15) is 0 Å². The maximum Gasteiger partial charge on any atom is 0.317 e. The van der Waals surface area contributed by atoms with Crippen molar-refractivity contribution in [3.8, 4) is 0 Å². The van der Waals surface area contributed by atoms with E-state index in [2.05, 4.69) is 5.32 Å². The van der Waals surface area contributed by atoms with Gasteiger partial charge in [-0.25, -0.2) is 13.2 Å². The van der Waals surface area contributed by atoms with Gasteiger partial charge in [-0.15, -0.1) is 0 Å². The van der Waals surface area contributed by atoms with Gasteiger partial charge in [0.15, 0.2) is 9.84 Å². The predicted octanol–water partition coefficient (Wildman–Crippen LogP) is 1.40. The van der Waals surface area contributed by atoms with E-state index in [1.54, 1.807) is 4.90 Å². The van der Waals surface area contributed by atoms with Gasteiger partial charge in [0.2, 0.25) is 0 Å². The minimum atomic E-state index is -2.85. The fourth-order valence-electron chi connectivity index (χ4n) is 3.02. The molecule has 1 unspecified atom stereocenters. The molecule has 110 valence electrons. The molecular weight excluding hydrogens is 264 g/mol. The van der Waals surface area contributed by atoms with Crippen LogP contribution in [0, 0.1) is 5.92 Å². The first-order valence-corrected chi connectivity index (χ1v) is 9.01. The molecule has 1 saturated carbocycles. The number of carbonyl (C=O) groups is 1. The second-order valence-corrected chi connectivity index (χ2v) is 8.09. The molecule has 1 N–H and O–H groups in total. The van der Waals surface area contributed by atoms with Crippen LogP contribution in [-0.2, 0) is 9.84 Å². The Morgan fingerprint density at radius 2 is 1.89 bits per heavy atom. The third-order valence-corrected chi connectivity index (χ3v) is 6.15. The lowest BCUT2D eigenvalue weighted by molar-refractivity contribution is 0.172. The average Bonchev–Trinajstić information content (AvgIpc) is 2.76. The molecule has 0 spiro atoms. The molecule has 1 aliphatic carbocycles. The number of amides is 2. The monoisotopic (exact) mass is 288 g/mol. The average molecular weight is 288 g/mol. The first kappa shape index (κ1) is 14.6. The highest BCUT2D eigenvalue weighted by molar-refractivity contribution is 7.91. The number of hydrogen-bond donors (Lipinski definition) is 1. The zero-order chi connectivity index (χ0) is 13.9. The molecule has 1 saturated heterocycles. The largest absolute Gasteiger partial charge is 0.338 e. The summed E-state index contributed by atoms with van der Waals surface area (Å²) in [4.78, 5) is 13.8. The molecule has 19 heavy (non-hydrogen) atoms. The summed E-state index contributed by atoms with van der Waals surface area (Å²) in [6, 6.07) is 0.289. The molecule has 1 atom stereocenters. The predicted molar refractivity (Wildman–Crippen MR) is 74.8 cm³/mol. The molecule has 2 amide bonds. The highest BCUT2D eigenvalue weighted by atomic mass is 32.2. The van der Waals surface area contributed by atoms with E-state index in [0.29, 0.717) is 19.0 Å². The molecule has 0 radical (unpaired) electrons.